The summed E-state index contributed by atoms with van der Waals surface area (Å²) in [6.45, 7) is -0.0836. The van der Waals surface area contributed by atoms with Gasteiger partial charge in [0.1, 0.15) is 12.2 Å². The Kier molecular flexibility index (Phi) is 5.88. The van der Waals surface area contributed by atoms with Gasteiger partial charge in [-0.2, -0.15) is 5.26 Å². The lowest BCUT2D eigenvalue weighted by molar-refractivity contribution is -0.135. The maximum atomic E-state index is 14.0. The minimum absolute atomic E-state index is 0.00976. The molecule has 5 rings (SSSR count). The Bertz CT molecular complexity index is 955. The van der Waals surface area contributed by atoms with E-state index < -0.39 is 46.7 Å². The Hall–Kier alpha value is -2.67. The van der Waals surface area contributed by atoms with E-state index >= 15 is 0 Å². The average molecular weight is 452 g/mol. The third kappa shape index (κ3) is 3.94. The lowest BCUT2D eigenvalue weighted by atomic mass is 9.57. The van der Waals surface area contributed by atoms with Gasteiger partial charge < -0.3 is 15.5 Å². The van der Waals surface area contributed by atoms with Crippen molar-refractivity contribution in [3.63, 3.8) is 0 Å². The quantitative estimate of drug-likeness (QED) is 0.531. The molecule has 1 aromatic carbocycles. The minimum atomic E-state index is -1.63. The van der Waals surface area contributed by atoms with Crippen LogP contribution in [0.1, 0.15) is 44.9 Å². The molecule has 172 valence electrons. The highest BCUT2D eigenvalue weighted by Gasteiger charge is 2.52. The monoisotopic (exact) mass is 452 g/mol. The van der Waals surface area contributed by atoms with Crippen molar-refractivity contribution in [1.82, 2.24) is 10.2 Å². The van der Waals surface area contributed by atoms with Crippen molar-refractivity contribution in [3.8, 4) is 6.07 Å². The van der Waals surface area contributed by atoms with Crippen LogP contribution in [0, 0.1) is 34.2 Å². The van der Waals surface area contributed by atoms with Crippen molar-refractivity contribution in [1.29, 1.82) is 5.26 Å². The summed E-state index contributed by atoms with van der Waals surface area (Å²) in [7, 11) is 0. The van der Waals surface area contributed by atoms with E-state index in [0.717, 1.165) is 12.1 Å². The Morgan fingerprint density at radius 1 is 1.09 bits per heavy atom. The van der Waals surface area contributed by atoms with E-state index in [1.165, 1.54) is 4.90 Å². The first-order valence-corrected chi connectivity index (χ1v) is 10.7. The van der Waals surface area contributed by atoms with E-state index in [-0.39, 0.29) is 31.0 Å². The molecule has 6 nitrogen and oxygen atoms in total. The molecule has 1 aliphatic heterocycles. The number of halogens is 4. The zero-order chi connectivity index (χ0) is 23.1. The van der Waals surface area contributed by atoms with Gasteiger partial charge in [-0.05, 0) is 50.7 Å². The fourth-order valence-electron chi connectivity index (χ4n) is 5.22. The van der Waals surface area contributed by atoms with E-state index in [4.69, 9.17) is 5.26 Å². The molecule has 2 atom stereocenters. The van der Waals surface area contributed by atoms with Crippen LogP contribution < -0.4 is 10.6 Å². The van der Waals surface area contributed by atoms with Gasteiger partial charge in [-0.25, -0.2) is 17.6 Å². The number of alkyl halides is 1. The Morgan fingerprint density at radius 2 is 1.75 bits per heavy atom. The normalized spacial score (nSPS) is 31.4. The first-order chi connectivity index (χ1) is 15.2. The maximum Gasteiger partial charge on any atom is 0.237 e. The number of hydrogen-bond donors (Lipinski definition) is 2. The van der Waals surface area contributed by atoms with Crippen LogP contribution >= 0.6 is 0 Å². The number of carbonyl (C=O) groups is 2. The van der Waals surface area contributed by atoms with Crippen molar-refractivity contribution in [2.24, 2.45) is 5.41 Å². The molecule has 0 spiro atoms. The molecule has 4 fully saturated rings. The van der Waals surface area contributed by atoms with Gasteiger partial charge in [0.15, 0.2) is 17.5 Å². The molecule has 0 unspecified atom stereocenters. The molecule has 10 heteroatoms. The third-order valence-electron chi connectivity index (χ3n) is 7.35. The highest BCUT2D eigenvalue weighted by molar-refractivity contribution is 5.95. The SMILES string of the molecule is N#C[C@@H]1C[C@H](F)CN1C(=O)CNC12CCC(C(=O)Nc3ccc(F)c(F)c3F)(CC1)CC2. The molecule has 32 heavy (non-hydrogen) atoms. The van der Waals surface area contributed by atoms with Crippen molar-refractivity contribution in [2.45, 2.75) is 62.7 Å². The summed E-state index contributed by atoms with van der Waals surface area (Å²) in [6.07, 6.45) is 2.19. The predicted molar refractivity (Wildman–Crippen MR) is 106 cm³/mol. The molecule has 1 aromatic rings. The van der Waals surface area contributed by atoms with Crippen LogP contribution in [-0.2, 0) is 9.59 Å². The van der Waals surface area contributed by atoms with Gasteiger partial charge in [-0.3, -0.25) is 9.59 Å². The van der Waals surface area contributed by atoms with Gasteiger partial charge in [0.05, 0.1) is 24.8 Å². The number of fused-ring (bicyclic) bond motifs is 3. The van der Waals surface area contributed by atoms with Gasteiger partial charge in [-0.15, -0.1) is 0 Å². The molecule has 1 saturated heterocycles. The number of hydrogen-bond acceptors (Lipinski definition) is 4. The second kappa shape index (κ2) is 8.35. The molecule has 3 aliphatic carbocycles. The Labute approximate surface area is 182 Å². The van der Waals surface area contributed by atoms with Gasteiger partial charge in [0, 0.05) is 17.4 Å². The van der Waals surface area contributed by atoms with Crippen LogP contribution in [0.25, 0.3) is 0 Å². The van der Waals surface area contributed by atoms with Gasteiger partial charge in [0.25, 0.3) is 0 Å². The molecule has 2 amide bonds. The lowest BCUT2D eigenvalue weighted by Gasteiger charge is -2.52. The van der Waals surface area contributed by atoms with Crippen LogP contribution in [0.3, 0.4) is 0 Å². The van der Waals surface area contributed by atoms with E-state index in [2.05, 4.69) is 10.6 Å². The lowest BCUT2D eigenvalue weighted by Crippen LogP contribution is -2.59. The third-order valence-corrected chi connectivity index (χ3v) is 7.35. The zero-order valence-electron chi connectivity index (χ0n) is 17.4. The number of nitrogens with one attached hydrogen (secondary N) is 2. The molecule has 1 heterocycles. The Balaban J connectivity index is 1.35. The first kappa shape index (κ1) is 22.5. The van der Waals surface area contributed by atoms with Gasteiger partial charge in [-0.1, -0.05) is 0 Å². The van der Waals surface area contributed by atoms with Crippen molar-refractivity contribution >= 4 is 17.5 Å². The predicted octanol–water partition coefficient (Wildman–Crippen LogP) is 3.19. The number of anilines is 1. The van der Waals surface area contributed by atoms with Crippen molar-refractivity contribution in [3.05, 3.63) is 29.6 Å². The highest BCUT2D eigenvalue weighted by atomic mass is 19.2. The van der Waals surface area contributed by atoms with E-state index in [1.807, 2.05) is 6.07 Å². The summed E-state index contributed by atoms with van der Waals surface area (Å²) in [6, 6.07) is 2.98. The second-order valence-corrected chi connectivity index (χ2v) is 9.12. The van der Waals surface area contributed by atoms with Crippen LogP contribution in [-0.4, -0.2) is 47.6 Å². The van der Waals surface area contributed by atoms with E-state index in [0.29, 0.717) is 38.5 Å². The highest BCUT2D eigenvalue weighted by Crippen LogP contribution is 2.52. The summed E-state index contributed by atoms with van der Waals surface area (Å²) >= 11 is 0. The number of rotatable bonds is 5. The van der Waals surface area contributed by atoms with Gasteiger partial charge >= 0.3 is 0 Å². The molecular weight excluding hydrogens is 428 g/mol. The number of nitriles is 1. The summed E-state index contributed by atoms with van der Waals surface area (Å²) in [4.78, 5) is 26.7. The standard InChI is InChI=1S/C22H24F4N4O2/c23-13-9-14(10-27)30(12-13)17(31)11-28-22-6-3-21(4-7-22,5-8-22)20(32)29-16-2-1-15(24)18(25)19(16)26/h1-2,13-14,28H,3-9,11-12H2,(H,29,32)/t13-,14-,21?,22?/m0/s1. The fraction of sp³-hybridized carbons (Fsp3) is 0.591. The largest absolute Gasteiger partial charge is 0.323 e. The second-order valence-electron chi connectivity index (χ2n) is 9.12. The maximum absolute atomic E-state index is 14.0. The Morgan fingerprint density at radius 3 is 2.38 bits per heavy atom. The summed E-state index contributed by atoms with van der Waals surface area (Å²) in [5.74, 6) is -5.12. The van der Waals surface area contributed by atoms with Crippen LogP contribution in [0.2, 0.25) is 0 Å². The van der Waals surface area contributed by atoms with Crippen molar-refractivity contribution in [2.75, 3.05) is 18.4 Å². The molecule has 0 aromatic heterocycles. The van der Waals surface area contributed by atoms with Gasteiger partial charge in [0.2, 0.25) is 11.8 Å². The first-order valence-electron chi connectivity index (χ1n) is 10.7. The van der Waals surface area contributed by atoms with Crippen molar-refractivity contribution < 1.29 is 27.2 Å². The zero-order valence-corrected chi connectivity index (χ0v) is 17.4. The van der Waals surface area contributed by atoms with E-state index in [9.17, 15) is 27.2 Å². The van der Waals surface area contributed by atoms with Crippen LogP contribution in [0.4, 0.5) is 23.2 Å². The topological polar surface area (TPSA) is 85.2 Å². The summed E-state index contributed by atoms with van der Waals surface area (Å²) in [5.41, 5.74) is -1.45. The number of nitrogens with zero attached hydrogens (tertiary/aromatic N) is 2. The molecule has 2 N–H and O–H groups in total. The van der Waals surface area contributed by atoms with E-state index in [1.54, 1.807) is 0 Å². The summed E-state index contributed by atoms with van der Waals surface area (Å²) in [5, 5.41) is 14.8. The number of benzene rings is 1. The molecule has 2 bridgehead atoms. The molecular formula is C22H24F4N4O2. The average Bonchev–Trinajstić information content (AvgIpc) is 3.20. The summed E-state index contributed by atoms with van der Waals surface area (Å²) < 4.78 is 54.1. The number of carbonyl (C=O) groups excluding carboxylic acids is 2. The molecule has 4 aliphatic rings. The minimum Gasteiger partial charge on any atom is -0.323 e. The molecule has 3 saturated carbocycles. The smallest absolute Gasteiger partial charge is 0.237 e. The van der Waals surface area contributed by atoms with Crippen LogP contribution in [0.15, 0.2) is 12.1 Å². The van der Waals surface area contributed by atoms with Crippen LogP contribution in [0.5, 0.6) is 0 Å². The fourth-order valence-corrected chi connectivity index (χ4v) is 5.22. The number of amides is 2. The number of likely N-dealkylation sites (tertiary alicyclic amines) is 1. The molecule has 0 radical (unpaired) electrons.